The molecular formula is C19H22F3N7O. The molecule has 1 atom stereocenters. The Kier molecular flexibility index (Phi) is 6.11. The van der Waals surface area contributed by atoms with E-state index in [1.165, 1.54) is 28.8 Å². The first-order valence-corrected chi connectivity index (χ1v) is 9.20. The number of aromatic amines is 1. The fourth-order valence-corrected chi connectivity index (χ4v) is 3.10. The van der Waals surface area contributed by atoms with Crippen LogP contribution in [0, 0.1) is 6.92 Å². The number of nitrogens with two attached hydrogens (primary N) is 2. The zero-order valence-electron chi connectivity index (χ0n) is 16.2. The van der Waals surface area contributed by atoms with Crippen molar-refractivity contribution in [2.75, 3.05) is 13.1 Å². The molecule has 0 spiro atoms. The van der Waals surface area contributed by atoms with Crippen molar-refractivity contribution >= 4 is 17.0 Å². The molecule has 0 fully saturated rings. The molecule has 8 nitrogen and oxygen atoms in total. The van der Waals surface area contributed by atoms with Crippen LogP contribution in [0.1, 0.15) is 23.7 Å². The average Bonchev–Trinajstić information content (AvgIpc) is 3.02. The lowest BCUT2D eigenvalue weighted by molar-refractivity contribution is -0.157. The Morgan fingerprint density at radius 1 is 1.30 bits per heavy atom. The van der Waals surface area contributed by atoms with Crippen molar-refractivity contribution in [3.63, 3.8) is 0 Å². The van der Waals surface area contributed by atoms with Crippen LogP contribution in [0.2, 0.25) is 0 Å². The van der Waals surface area contributed by atoms with Crippen LogP contribution in [-0.2, 0) is 0 Å². The monoisotopic (exact) mass is 421 g/mol. The molecular weight excluding hydrogens is 399 g/mol. The second kappa shape index (κ2) is 8.57. The molecule has 0 radical (unpaired) electrons. The van der Waals surface area contributed by atoms with E-state index >= 15 is 0 Å². The normalized spacial score (nSPS) is 12.8. The van der Waals surface area contributed by atoms with Crippen LogP contribution in [0.15, 0.2) is 46.3 Å². The Balaban J connectivity index is 1.80. The number of aryl methyl sites for hydroxylation is 1. The second-order valence-electron chi connectivity index (χ2n) is 6.83. The number of H-pyrrole nitrogens is 1. The summed E-state index contributed by atoms with van der Waals surface area (Å²) in [5, 5.41) is 3.21. The number of nitrogens with one attached hydrogen (secondary N) is 2. The van der Waals surface area contributed by atoms with Gasteiger partial charge in [0, 0.05) is 23.8 Å². The molecule has 3 aromatic rings. The maximum atomic E-state index is 13.5. The third-order valence-electron chi connectivity index (χ3n) is 4.45. The number of nitrogens with zero attached hydrogens (tertiary/aromatic N) is 3. The lowest BCUT2D eigenvalue weighted by Gasteiger charge is -2.22. The number of halogens is 3. The van der Waals surface area contributed by atoms with E-state index in [1.54, 1.807) is 6.20 Å². The number of fused-ring (bicyclic) bond motifs is 1. The molecule has 2 aromatic heterocycles. The molecule has 30 heavy (non-hydrogen) atoms. The van der Waals surface area contributed by atoms with Gasteiger partial charge in [-0.2, -0.15) is 18.2 Å². The average molecular weight is 421 g/mol. The highest BCUT2D eigenvalue weighted by Crippen LogP contribution is 2.33. The van der Waals surface area contributed by atoms with Crippen molar-refractivity contribution in [2.24, 2.45) is 16.5 Å². The molecule has 160 valence electrons. The van der Waals surface area contributed by atoms with Crippen molar-refractivity contribution < 1.29 is 13.2 Å². The van der Waals surface area contributed by atoms with Crippen molar-refractivity contribution in [2.45, 2.75) is 25.6 Å². The van der Waals surface area contributed by atoms with Crippen LogP contribution >= 0.6 is 0 Å². The van der Waals surface area contributed by atoms with Gasteiger partial charge in [0.1, 0.15) is 11.7 Å². The summed E-state index contributed by atoms with van der Waals surface area (Å²) in [6, 6.07) is 5.59. The van der Waals surface area contributed by atoms with Gasteiger partial charge in [0.2, 0.25) is 0 Å². The summed E-state index contributed by atoms with van der Waals surface area (Å²) in [5.74, 6) is -0.101. The van der Waals surface area contributed by atoms with E-state index in [-0.39, 0.29) is 24.6 Å². The number of hydrogen-bond donors (Lipinski definition) is 4. The minimum absolute atomic E-state index is 0.0349. The summed E-state index contributed by atoms with van der Waals surface area (Å²) in [5.41, 5.74) is 11.6. The van der Waals surface area contributed by atoms with E-state index in [0.717, 1.165) is 11.1 Å². The predicted molar refractivity (Wildman–Crippen MR) is 109 cm³/mol. The van der Waals surface area contributed by atoms with E-state index in [2.05, 4.69) is 20.3 Å². The van der Waals surface area contributed by atoms with Crippen LogP contribution in [0.4, 0.5) is 13.2 Å². The van der Waals surface area contributed by atoms with Crippen molar-refractivity contribution in [1.82, 2.24) is 19.9 Å². The van der Waals surface area contributed by atoms with Gasteiger partial charge >= 0.3 is 11.9 Å². The van der Waals surface area contributed by atoms with Gasteiger partial charge in [0.25, 0.3) is 0 Å². The summed E-state index contributed by atoms with van der Waals surface area (Å²) >= 11 is 0. The molecule has 0 saturated carbocycles. The Labute approximate surface area is 169 Å². The van der Waals surface area contributed by atoms with Gasteiger partial charge in [-0.15, -0.1) is 0 Å². The van der Waals surface area contributed by atoms with Crippen LogP contribution in [0.3, 0.4) is 0 Å². The zero-order valence-corrected chi connectivity index (χ0v) is 16.2. The molecule has 0 aliphatic carbocycles. The molecule has 0 aliphatic heterocycles. The first-order valence-electron chi connectivity index (χ1n) is 9.20. The van der Waals surface area contributed by atoms with Crippen molar-refractivity contribution in [3.8, 4) is 5.69 Å². The van der Waals surface area contributed by atoms with Crippen LogP contribution in [0.25, 0.3) is 16.7 Å². The van der Waals surface area contributed by atoms with E-state index in [4.69, 9.17) is 11.5 Å². The maximum Gasteiger partial charge on any atom is 0.407 e. The lowest BCUT2D eigenvalue weighted by atomic mass is 10.1. The predicted octanol–water partition coefficient (Wildman–Crippen LogP) is 1.88. The minimum Gasteiger partial charge on any atom is -0.370 e. The van der Waals surface area contributed by atoms with Crippen LogP contribution < -0.4 is 22.5 Å². The van der Waals surface area contributed by atoms with Crippen LogP contribution in [-0.4, -0.2) is 39.8 Å². The highest BCUT2D eigenvalue weighted by atomic mass is 19.4. The molecule has 11 heteroatoms. The minimum atomic E-state index is -4.49. The SMILES string of the molecule is Cc1cc2cn(-c3ccc(C(NCCCN=C(N)N)C(F)(F)F)cc3)c(=O)nc2[nH]1. The van der Waals surface area contributed by atoms with Gasteiger partial charge in [-0.1, -0.05) is 12.1 Å². The molecule has 6 N–H and O–H groups in total. The number of benzene rings is 1. The molecule has 1 unspecified atom stereocenters. The summed E-state index contributed by atoms with van der Waals surface area (Å²) in [6.45, 7) is 2.15. The molecule has 2 heterocycles. The van der Waals surface area contributed by atoms with E-state index < -0.39 is 17.9 Å². The van der Waals surface area contributed by atoms with E-state index in [0.29, 0.717) is 17.8 Å². The Morgan fingerprint density at radius 2 is 2.00 bits per heavy atom. The molecule has 3 rings (SSSR count). The van der Waals surface area contributed by atoms with Gasteiger partial charge in [-0.3, -0.25) is 9.56 Å². The fourth-order valence-electron chi connectivity index (χ4n) is 3.10. The topological polar surface area (TPSA) is 127 Å². The highest BCUT2D eigenvalue weighted by Gasteiger charge is 2.40. The molecule has 0 aliphatic rings. The molecule has 0 saturated heterocycles. The Bertz CT molecular complexity index is 1100. The van der Waals surface area contributed by atoms with Gasteiger partial charge < -0.3 is 21.8 Å². The number of guanidine groups is 1. The third kappa shape index (κ3) is 4.98. The van der Waals surface area contributed by atoms with Gasteiger partial charge in [-0.25, -0.2) is 4.79 Å². The first-order chi connectivity index (χ1) is 14.1. The number of aromatic nitrogens is 3. The zero-order chi connectivity index (χ0) is 21.9. The largest absolute Gasteiger partial charge is 0.407 e. The quantitative estimate of drug-likeness (QED) is 0.263. The third-order valence-corrected chi connectivity index (χ3v) is 4.45. The van der Waals surface area contributed by atoms with Gasteiger partial charge in [0.05, 0.1) is 5.69 Å². The smallest absolute Gasteiger partial charge is 0.370 e. The summed E-state index contributed by atoms with van der Waals surface area (Å²) < 4.78 is 41.8. The summed E-state index contributed by atoms with van der Waals surface area (Å²) in [6.07, 6.45) is -2.54. The van der Waals surface area contributed by atoms with Gasteiger partial charge in [0.15, 0.2) is 5.96 Å². The fraction of sp³-hybridized carbons (Fsp3) is 0.316. The van der Waals surface area contributed by atoms with Crippen LogP contribution in [0.5, 0.6) is 0 Å². The number of rotatable bonds is 7. The first kappa shape index (κ1) is 21.4. The standard InChI is InChI=1S/C19H22F3N7O/c1-11-9-13-10-29(18(30)28-16(13)27-11)14-5-3-12(4-6-14)15(19(20,21)22)25-7-2-8-26-17(23)24/h3-6,9-10,15,25H,2,7-8H2,1H3,(H4,23,24,26)(H,27,28,30). The molecule has 0 bridgehead atoms. The second-order valence-corrected chi connectivity index (χ2v) is 6.83. The maximum absolute atomic E-state index is 13.5. The molecule has 0 amide bonds. The molecule has 1 aromatic carbocycles. The number of hydrogen-bond acceptors (Lipinski definition) is 4. The Morgan fingerprint density at radius 3 is 2.63 bits per heavy atom. The van der Waals surface area contributed by atoms with Crippen molar-refractivity contribution in [1.29, 1.82) is 0 Å². The highest BCUT2D eigenvalue weighted by molar-refractivity contribution is 5.76. The summed E-state index contributed by atoms with van der Waals surface area (Å²) in [7, 11) is 0. The van der Waals surface area contributed by atoms with E-state index in [1.807, 2.05) is 13.0 Å². The van der Waals surface area contributed by atoms with Crippen molar-refractivity contribution in [3.05, 3.63) is 58.3 Å². The number of aliphatic imine (C=N–C) groups is 1. The number of alkyl halides is 3. The van der Waals surface area contributed by atoms with Gasteiger partial charge in [-0.05, 0) is 43.7 Å². The Hall–Kier alpha value is -3.34. The lowest BCUT2D eigenvalue weighted by Crippen LogP contribution is -2.35. The van der Waals surface area contributed by atoms with E-state index in [9.17, 15) is 18.0 Å². The summed E-state index contributed by atoms with van der Waals surface area (Å²) in [4.78, 5) is 23.0.